The van der Waals surface area contributed by atoms with E-state index in [0.29, 0.717) is 10.8 Å². The summed E-state index contributed by atoms with van der Waals surface area (Å²) < 4.78 is 33.4. The van der Waals surface area contributed by atoms with Crippen molar-refractivity contribution in [3.63, 3.8) is 0 Å². The molecule has 0 saturated carbocycles. The van der Waals surface area contributed by atoms with Gasteiger partial charge in [0, 0.05) is 5.02 Å². The van der Waals surface area contributed by atoms with Gasteiger partial charge in [-0.1, -0.05) is 59.1 Å². The maximum absolute atomic E-state index is 13.4. The first-order chi connectivity index (χ1) is 15.7. The monoisotopic (exact) mass is 506 g/mol. The summed E-state index contributed by atoms with van der Waals surface area (Å²) in [6.45, 7) is 3.52. The number of sulfonamides is 1. The number of halogens is 2. The average molecular weight is 507 g/mol. The molecule has 1 N–H and O–H groups in total. The lowest BCUT2D eigenvalue weighted by molar-refractivity contribution is -0.120. The van der Waals surface area contributed by atoms with Gasteiger partial charge < -0.3 is 10.1 Å². The number of nitrogens with one attached hydrogen (secondary N) is 1. The van der Waals surface area contributed by atoms with E-state index in [0.717, 1.165) is 9.87 Å². The largest absolute Gasteiger partial charge is 0.491 e. The minimum Gasteiger partial charge on any atom is -0.491 e. The van der Waals surface area contributed by atoms with Crippen LogP contribution in [0, 0.1) is 6.92 Å². The Kier molecular flexibility index (Phi) is 8.24. The number of nitrogens with zero attached hydrogens (tertiary/aromatic N) is 1. The van der Waals surface area contributed by atoms with Crippen LogP contribution >= 0.6 is 23.2 Å². The molecule has 0 bridgehead atoms. The summed E-state index contributed by atoms with van der Waals surface area (Å²) in [7, 11) is -4.07. The zero-order chi connectivity index (χ0) is 24.0. The standard InChI is InChI=1S/C24H24Cl2N2O4S/c1-17-8-11-20(12-9-17)32-16-18(2)27-24(29)15-28(23-13-10-19(25)14-22(23)26)33(30,31)21-6-4-3-5-7-21/h3-14,18H,15-16H2,1-2H3,(H,27,29). The number of aryl methyl sites for hydroxylation is 1. The van der Waals surface area contributed by atoms with Crippen molar-refractivity contribution in [1.29, 1.82) is 0 Å². The minimum absolute atomic E-state index is 0.0413. The molecule has 0 aliphatic rings. The molecule has 0 spiro atoms. The predicted molar refractivity (Wildman–Crippen MR) is 132 cm³/mol. The highest BCUT2D eigenvalue weighted by Crippen LogP contribution is 2.32. The number of hydrogen-bond donors (Lipinski definition) is 1. The van der Waals surface area contributed by atoms with Crippen LogP contribution in [0.15, 0.2) is 77.7 Å². The molecular formula is C24H24Cl2N2O4S. The van der Waals surface area contributed by atoms with E-state index in [-0.39, 0.29) is 28.3 Å². The Morgan fingerprint density at radius 2 is 1.70 bits per heavy atom. The van der Waals surface area contributed by atoms with Gasteiger partial charge in [-0.3, -0.25) is 9.10 Å². The Morgan fingerprint density at radius 1 is 1.03 bits per heavy atom. The summed E-state index contributed by atoms with van der Waals surface area (Å²) in [5, 5.41) is 3.25. The Balaban J connectivity index is 1.76. The van der Waals surface area contributed by atoms with Gasteiger partial charge in [-0.2, -0.15) is 0 Å². The van der Waals surface area contributed by atoms with Crippen LogP contribution in [-0.2, 0) is 14.8 Å². The minimum atomic E-state index is -4.07. The van der Waals surface area contributed by atoms with Crippen molar-refractivity contribution >= 4 is 44.8 Å². The van der Waals surface area contributed by atoms with E-state index in [1.807, 2.05) is 31.2 Å². The Morgan fingerprint density at radius 3 is 2.33 bits per heavy atom. The number of hydrogen-bond acceptors (Lipinski definition) is 4. The van der Waals surface area contributed by atoms with E-state index in [2.05, 4.69) is 5.32 Å². The van der Waals surface area contributed by atoms with Crippen LogP contribution in [0.2, 0.25) is 10.0 Å². The molecule has 0 aliphatic heterocycles. The number of anilines is 1. The molecule has 174 valence electrons. The van der Waals surface area contributed by atoms with E-state index in [4.69, 9.17) is 27.9 Å². The quantitative estimate of drug-likeness (QED) is 0.438. The van der Waals surface area contributed by atoms with E-state index in [1.165, 1.54) is 30.3 Å². The highest BCUT2D eigenvalue weighted by Gasteiger charge is 2.29. The van der Waals surface area contributed by atoms with Gasteiger partial charge in [0.25, 0.3) is 10.0 Å². The third-order valence-electron chi connectivity index (χ3n) is 4.73. The molecule has 0 radical (unpaired) electrons. The van der Waals surface area contributed by atoms with Crippen LogP contribution in [-0.4, -0.2) is 33.5 Å². The fourth-order valence-electron chi connectivity index (χ4n) is 3.05. The number of carbonyl (C=O) groups is 1. The Hall–Kier alpha value is -2.74. The maximum atomic E-state index is 13.4. The highest BCUT2D eigenvalue weighted by atomic mass is 35.5. The predicted octanol–water partition coefficient (Wildman–Crippen LogP) is 5.08. The molecular weight excluding hydrogens is 483 g/mol. The molecule has 1 atom stereocenters. The molecule has 33 heavy (non-hydrogen) atoms. The van der Waals surface area contributed by atoms with Crippen molar-refractivity contribution in [3.8, 4) is 5.75 Å². The summed E-state index contributed by atoms with van der Waals surface area (Å²) in [5.41, 5.74) is 1.27. The third-order valence-corrected chi connectivity index (χ3v) is 7.04. The van der Waals surface area contributed by atoms with E-state index in [9.17, 15) is 13.2 Å². The first kappa shape index (κ1) is 24.9. The second kappa shape index (κ2) is 10.9. The van der Waals surface area contributed by atoms with Gasteiger partial charge in [-0.25, -0.2) is 8.42 Å². The molecule has 3 aromatic carbocycles. The lowest BCUT2D eigenvalue weighted by Crippen LogP contribution is -2.45. The topological polar surface area (TPSA) is 75.7 Å². The summed E-state index contributed by atoms with van der Waals surface area (Å²) in [6, 6.07) is 19.5. The molecule has 3 rings (SSSR count). The van der Waals surface area contributed by atoms with Crippen molar-refractivity contribution in [2.24, 2.45) is 0 Å². The van der Waals surface area contributed by atoms with Crippen LogP contribution in [0.1, 0.15) is 12.5 Å². The lowest BCUT2D eigenvalue weighted by Gasteiger charge is -2.26. The van der Waals surface area contributed by atoms with E-state index < -0.39 is 22.5 Å². The number of ether oxygens (including phenoxy) is 1. The molecule has 3 aromatic rings. The first-order valence-corrected chi connectivity index (χ1v) is 12.4. The second-order valence-corrected chi connectivity index (χ2v) is 10.2. The van der Waals surface area contributed by atoms with Crippen LogP contribution < -0.4 is 14.4 Å². The van der Waals surface area contributed by atoms with Crippen LogP contribution in [0.3, 0.4) is 0 Å². The molecule has 0 saturated heterocycles. The normalized spacial score (nSPS) is 12.1. The average Bonchev–Trinajstić information content (AvgIpc) is 2.78. The Labute approximate surface area is 204 Å². The van der Waals surface area contributed by atoms with Gasteiger partial charge in [0.1, 0.15) is 18.9 Å². The van der Waals surface area contributed by atoms with Crippen LogP contribution in [0.25, 0.3) is 0 Å². The van der Waals surface area contributed by atoms with E-state index >= 15 is 0 Å². The zero-order valence-corrected chi connectivity index (χ0v) is 20.5. The molecule has 0 aromatic heterocycles. The molecule has 0 aliphatic carbocycles. The van der Waals surface area contributed by atoms with Crippen molar-refractivity contribution < 1.29 is 17.9 Å². The number of carbonyl (C=O) groups excluding carboxylic acids is 1. The zero-order valence-electron chi connectivity index (χ0n) is 18.2. The summed E-state index contributed by atoms with van der Waals surface area (Å²) in [5.74, 6) is 0.184. The second-order valence-electron chi connectivity index (χ2n) is 7.51. The summed E-state index contributed by atoms with van der Waals surface area (Å²) in [4.78, 5) is 12.8. The Bertz CT molecular complexity index is 1200. The van der Waals surface area contributed by atoms with Crippen molar-refractivity contribution in [2.45, 2.75) is 24.8 Å². The number of rotatable bonds is 9. The fraction of sp³-hybridized carbons (Fsp3) is 0.208. The molecule has 1 amide bonds. The fourth-order valence-corrected chi connectivity index (χ4v) is 5.07. The highest BCUT2D eigenvalue weighted by molar-refractivity contribution is 7.92. The number of amides is 1. The van der Waals surface area contributed by atoms with Crippen LogP contribution in [0.5, 0.6) is 5.75 Å². The maximum Gasteiger partial charge on any atom is 0.264 e. The molecule has 1 unspecified atom stereocenters. The number of benzene rings is 3. The third kappa shape index (κ3) is 6.63. The molecule has 0 fully saturated rings. The van der Waals surface area contributed by atoms with Gasteiger partial charge in [0.2, 0.25) is 5.91 Å². The van der Waals surface area contributed by atoms with E-state index in [1.54, 1.807) is 25.1 Å². The van der Waals surface area contributed by atoms with Gasteiger partial charge >= 0.3 is 0 Å². The van der Waals surface area contributed by atoms with Gasteiger partial charge in [-0.15, -0.1) is 0 Å². The van der Waals surface area contributed by atoms with Crippen molar-refractivity contribution in [3.05, 3.63) is 88.4 Å². The smallest absolute Gasteiger partial charge is 0.264 e. The summed E-state index contributed by atoms with van der Waals surface area (Å²) >= 11 is 12.3. The molecule has 6 nitrogen and oxygen atoms in total. The first-order valence-electron chi connectivity index (χ1n) is 10.2. The summed E-state index contributed by atoms with van der Waals surface area (Å²) in [6.07, 6.45) is 0. The van der Waals surface area contributed by atoms with Crippen molar-refractivity contribution in [1.82, 2.24) is 5.32 Å². The van der Waals surface area contributed by atoms with Crippen LogP contribution in [0.4, 0.5) is 5.69 Å². The molecule has 0 heterocycles. The lowest BCUT2D eigenvalue weighted by atomic mass is 10.2. The van der Waals surface area contributed by atoms with Gasteiger partial charge in [0.15, 0.2) is 0 Å². The van der Waals surface area contributed by atoms with Gasteiger partial charge in [-0.05, 0) is 56.3 Å². The van der Waals surface area contributed by atoms with Gasteiger partial charge in [0.05, 0.1) is 21.6 Å². The molecule has 9 heteroatoms. The SMILES string of the molecule is Cc1ccc(OCC(C)NC(=O)CN(c2ccc(Cl)cc2Cl)S(=O)(=O)c2ccccc2)cc1. The van der Waals surface area contributed by atoms with Crippen molar-refractivity contribution in [2.75, 3.05) is 17.5 Å².